The van der Waals surface area contributed by atoms with Crippen LogP contribution >= 0.6 is 47.3 Å². The van der Waals surface area contributed by atoms with Crippen molar-refractivity contribution < 1.29 is 78.4 Å². The zero-order valence-electron chi connectivity index (χ0n) is 40.9. The van der Waals surface area contributed by atoms with E-state index in [1.807, 2.05) is 0 Å². The summed E-state index contributed by atoms with van der Waals surface area (Å²) in [5.74, 6) is -2.24. The molecule has 11 N–H and O–H groups in total. The van der Waals surface area contributed by atoms with Crippen LogP contribution in [0.25, 0.3) is 21.5 Å². The molecule has 0 spiro atoms. The second-order valence-electron chi connectivity index (χ2n) is 16.4. The zero-order chi connectivity index (χ0) is 59.4. The zero-order valence-corrected chi connectivity index (χ0v) is 46.5. The number of fused-ring (bicyclic) bond motifs is 2. The van der Waals surface area contributed by atoms with E-state index in [9.17, 15) is 49.1 Å². The maximum atomic E-state index is 12.7. The smallest absolute Gasteiger partial charge is 0.296 e. The molecule has 9 aromatic rings. The van der Waals surface area contributed by atoms with Gasteiger partial charge >= 0.3 is 0 Å². The van der Waals surface area contributed by atoms with Crippen molar-refractivity contribution in [3.63, 3.8) is 0 Å². The summed E-state index contributed by atoms with van der Waals surface area (Å²) in [5, 5.41) is 74.9. The van der Waals surface area contributed by atoms with E-state index in [-0.39, 0.29) is 99.7 Å². The average molecular weight is 1270 g/mol. The molecular formula is C45H32Cl2N14O17S5. The van der Waals surface area contributed by atoms with Crippen molar-refractivity contribution in [1.82, 2.24) is 29.9 Å². The lowest BCUT2D eigenvalue weighted by molar-refractivity contribution is -0.432. The molecule has 0 bridgehead atoms. The molecule has 428 valence electrons. The van der Waals surface area contributed by atoms with Gasteiger partial charge in [0, 0.05) is 27.0 Å². The van der Waals surface area contributed by atoms with Crippen molar-refractivity contribution in [2.24, 2.45) is 20.5 Å². The molecule has 0 atom stereocenters. The Bertz CT molecular complexity index is 4450. The number of aromatic hydroxyl groups is 2. The molecule has 31 nitrogen and oxygen atoms in total. The molecule has 0 amide bonds. The fourth-order valence-corrected chi connectivity index (χ4v) is 10.7. The number of aryl methyl sites for hydroxylation is 1. The van der Waals surface area contributed by atoms with Crippen LogP contribution in [0.5, 0.6) is 11.5 Å². The normalized spacial score (nSPS) is 12.2. The van der Waals surface area contributed by atoms with Gasteiger partial charge in [-0.3, -0.25) is 13.7 Å². The molecule has 2 aromatic heterocycles. The van der Waals surface area contributed by atoms with Crippen LogP contribution in [0.3, 0.4) is 0 Å². The predicted molar refractivity (Wildman–Crippen MR) is 297 cm³/mol. The van der Waals surface area contributed by atoms with Gasteiger partial charge in [0.1, 0.15) is 32.5 Å². The van der Waals surface area contributed by atoms with Gasteiger partial charge in [0.25, 0.3) is 30.4 Å². The van der Waals surface area contributed by atoms with Gasteiger partial charge in [-0.15, -0.1) is 29.1 Å². The molecule has 0 aliphatic carbocycles. The highest BCUT2D eigenvalue weighted by Gasteiger charge is 2.26. The maximum Gasteiger partial charge on any atom is 0.296 e. The largest absolute Gasteiger partial charge is 0.505 e. The first-order valence-corrected chi connectivity index (χ1v) is 28.9. The van der Waals surface area contributed by atoms with Gasteiger partial charge in [-0.05, 0) is 131 Å². The minimum absolute atomic E-state index is 0.0507. The number of nitrogens with one attached hydrogen (secondary N) is 4. The number of azo groups is 2. The van der Waals surface area contributed by atoms with Gasteiger partial charge in [0.15, 0.2) is 11.5 Å². The Morgan fingerprint density at radius 3 is 1.55 bits per heavy atom. The Hall–Kier alpha value is -8.15. The van der Waals surface area contributed by atoms with Crippen LogP contribution in [0.2, 0.25) is 10.6 Å². The highest BCUT2D eigenvalue weighted by molar-refractivity contribution is 7.95. The number of nitrogens with zero attached hydrogens (tertiary/aromatic N) is 10. The van der Waals surface area contributed by atoms with E-state index in [1.165, 1.54) is 55.5 Å². The third-order valence-electron chi connectivity index (χ3n) is 11.0. The molecular weight excluding hydrogens is 1240 g/mol. The van der Waals surface area contributed by atoms with Crippen LogP contribution < -0.4 is 21.3 Å². The monoisotopic (exact) mass is 1270 g/mol. The van der Waals surface area contributed by atoms with E-state index in [0.29, 0.717) is 35.5 Å². The van der Waals surface area contributed by atoms with E-state index in [1.54, 1.807) is 36.4 Å². The minimum atomic E-state index is -5.13. The van der Waals surface area contributed by atoms with Crippen molar-refractivity contribution in [1.29, 1.82) is 0 Å². The molecule has 0 aliphatic heterocycles. The first-order chi connectivity index (χ1) is 39.4. The molecule has 0 saturated heterocycles. The second-order valence-corrected chi connectivity index (χ2v) is 22.8. The van der Waals surface area contributed by atoms with Crippen LogP contribution in [0.1, 0.15) is 5.56 Å². The fraction of sp³-hybridized carbons (Fsp3) is 0.0222. The first-order valence-electron chi connectivity index (χ1n) is 22.3. The van der Waals surface area contributed by atoms with E-state index < -0.39 is 62.2 Å². The summed E-state index contributed by atoms with van der Waals surface area (Å²) in [5.41, 5.74) is -0.405. The molecule has 9 rings (SSSR count). The Labute approximate surface area is 483 Å². The summed E-state index contributed by atoms with van der Waals surface area (Å²) in [6.45, 7) is 1.49. The van der Waals surface area contributed by atoms with Crippen molar-refractivity contribution in [2.75, 3.05) is 21.3 Å². The number of hydrogen-bond donors (Lipinski definition) is 11. The van der Waals surface area contributed by atoms with Gasteiger partial charge in [0.2, 0.25) is 34.4 Å². The molecule has 0 aliphatic rings. The topological polar surface area (TPSA) is 456 Å². The molecule has 0 radical (unpaired) electrons. The minimum Gasteiger partial charge on any atom is -0.505 e. The third kappa shape index (κ3) is 14.2. The van der Waals surface area contributed by atoms with Gasteiger partial charge in [-0.25, -0.2) is 10.5 Å². The SMILES string of the molecule is Cc1cc2cc(S(=O)(=O)O)cc(Nc3nc(Cl)nc(Nc4ccc(Nc5nc(Cl)nc(Nc6cc(SOOO)cc7cc(S(=O)(=O)O)c(N=Nc8ccccc8SOOO)c(O)c67)n5)cc4)n3)c2c(O)c1N=Nc1ccccc1S(=O)(=O)O. The van der Waals surface area contributed by atoms with Crippen LogP contribution in [0, 0.1) is 6.92 Å². The van der Waals surface area contributed by atoms with E-state index in [2.05, 4.69) is 90.4 Å². The number of phenolic OH excluding ortho intramolecular Hbond substituents is 2. The number of benzene rings is 7. The second kappa shape index (κ2) is 24.7. The number of phenols is 2. The lowest BCUT2D eigenvalue weighted by atomic mass is 10.0. The van der Waals surface area contributed by atoms with E-state index in [4.69, 9.17) is 33.7 Å². The van der Waals surface area contributed by atoms with Gasteiger partial charge in [0.05, 0.1) is 45.3 Å². The number of anilines is 8. The highest BCUT2D eigenvalue weighted by atomic mass is 35.5. The summed E-state index contributed by atoms with van der Waals surface area (Å²) >= 11 is 13.6. The summed E-state index contributed by atoms with van der Waals surface area (Å²) in [7, 11) is -14.7. The van der Waals surface area contributed by atoms with E-state index in [0.717, 1.165) is 24.3 Å². The van der Waals surface area contributed by atoms with E-state index >= 15 is 0 Å². The van der Waals surface area contributed by atoms with Gasteiger partial charge in [-0.2, -0.15) is 55.2 Å². The molecule has 0 saturated carbocycles. The highest BCUT2D eigenvalue weighted by Crippen LogP contribution is 2.48. The van der Waals surface area contributed by atoms with Gasteiger partial charge < -0.3 is 31.5 Å². The Kier molecular flexibility index (Phi) is 17.7. The third-order valence-corrected chi connectivity index (χ3v) is 15.1. The van der Waals surface area contributed by atoms with Crippen LogP contribution in [-0.4, -0.2) is 89.5 Å². The Morgan fingerprint density at radius 2 is 0.988 bits per heavy atom. The van der Waals surface area contributed by atoms with Crippen LogP contribution in [0.15, 0.2) is 154 Å². The predicted octanol–water partition coefficient (Wildman–Crippen LogP) is 11.8. The summed E-state index contributed by atoms with van der Waals surface area (Å²) in [6.07, 6.45) is 0. The fourth-order valence-electron chi connectivity index (χ4n) is 7.64. The van der Waals surface area contributed by atoms with Crippen molar-refractivity contribution in [3.8, 4) is 11.5 Å². The lowest BCUT2D eigenvalue weighted by Gasteiger charge is -2.15. The summed E-state index contributed by atoms with van der Waals surface area (Å²) in [4.78, 5) is 23.4. The molecule has 0 unspecified atom stereocenters. The molecule has 2 heterocycles. The lowest BCUT2D eigenvalue weighted by Crippen LogP contribution is -2.06. The van der Waals surface area contributed by atoms with Crippen LogP contribution in [-0.2, 0) is 49.1 Å². The average Bonchev–Trinajstić information content (AvgIpc) is 3.48. The standard InChI is InChI=1S/C45H32Cl2N14O17S5/c1-20-14-21-16-26(81(66,67)68)19-30(34(21)38(62)36(20)60-59-28-7-3-5-9-32(28)82(69,70)71)51-45-55-41(47)53-43(57-45)49-24-12-10-23(11-13-24)48-42-52-40(46)54-44(56-42)50-29-18-25(79-77-75-64)15-22-17-33(83(72,73)74)37(39(63)35(22)29)61-58-27-6-2-4-8-31(27)80-78-76-65/h2-19,62-65H,1H3,(H,66,67,68)(H,69,70,71)(H,72,73,74)(H2,48,50,52,54,56)(H2,49,51,53,55,57). The first kappa shape index (κ1) is 59.5. The van der Waals surface area contributed by atoms with Crippen molar-refractivity contribution >= 4 is 168 Å². The van der Waals surface area contributed by atoms with Crippen LogP contribution in [0.4, 0.5) is 69.3 Å². The Morgan fingerprint density at radius 1 is 0.506 bits per heavy atom. The molecule has 7 aromatic carbocycles. The number of hydrogen-bond acceptors (Lipinski definition) is 30. The van der Waals surface area contributed by atoms with Gasteiger partial charge in [-0.1, -0.05) is 34.3 Å². The summed E-state index contributed by atoms with van der Waals surface area (Å²) in [6, 6.07) is 24.5. The quantitative estimate of drug-likeness (QED) is 0.0105. The summed E-state index contributed by atoms with van der Waals surface area (Å²) < 4.78 is 113. The number of rotatable bonds is 21. The van der Waals surface area contributed by atoms with Crippen molar-refractivity contribution in [2.45, 2.75) is 31.4 Å². The molecule has 83 heavy (non-hydrogen) atoms. The Balaban J connectivity index is 0.980. The maximum absolute atomic E-state index is 12.7. The number of halogens is 2. The van der Waals surface area contributed by atoms with Crippen molar-refractivity contribution in [3.05, 3.63) is 125 Å². The molecule has 0 fully saturated rings. The molecule has 38 heteroatoms. The number of aromatic nitrogens is 6.